The largest absolute Gasteiger partial charge is 0.456 e. The third-order valence-electron chi connectivity index (χ3n) is 4.45. The van der Waals surface area contributed by atoms with E-state index >= 15 is 0 Å². The van der Waals surface area contributed by atoms with Gasteiger partial charge < -0.3 is 14.8 Å². The van der Waals surface area contributed by atoms with Crippen LogP contribution in [0.25, 0.3) is 6.08 Å². The Balaban J connectivity index is 1.40. The van der Waals surface area contributed by atoms with Crippen molar-refractivity contribution in [3.63, 3.8) is 0 Å². The molecule has 0 bridgehead atoms. The number of carbonyl (C=O) groups excluding carboxylic acids is 3. The minimum absolute atomic E-state index is 0.0375. The Morgan fingerprint density at radius 3 is 2.63 bits per heavy atom. The van der Waals surface area contributed by atoms with Gasteiger partial charge in [0.15, 0.2) is 0 Å². The van der Waals surface area contributed by atoms with Crippen LogP contribution in [0.4, 0.5) is 4.79 Å². The van der Waals surface area contributed by atoms with Gasteiger partial charge in [-0.05, 0) is 59.7 Å². The molecule has 2 heterocycles. The van der Waals surface area contributed by atoms with E-state index in [0.29, 0.717) is 40.0 Å². The third kappa shape index (κ3) is 5.02. The smallest absolute Gasteiger partial charge is 0.290 e. The van der Waals surface area contributed by atoms with E-state index in [2.05, 4.69) is 10.6 Å². The van der Waals surface area contributed by atoms with Crippen LogP contribution in [0.5, 0.6) is 11.5 Å². The fourth-order valence-corrected chi connectivity index (χ4v) is 3.99. The van der Waals surface area contributed by atoms with Gasteiger partial charge in [-0.2, -0.15) is 0 Å². The third-order valence-corrected chi connectivity index (χ3v) is 5.55. The number of halogens is 1. The van der Waals surface area contributed by atoms with E-state index < -0.39 is 5.91 Å². The number of hydrogen-bond donors (Lipinski definition) is 2. The van der Waals surface area contributed by atoms with Crippen molar-refractivity contribution in [3.8, 4) is 11.5 Å². The van der Waals surface area contributed by atoms with Gasteiger partial charge in [-0.25, -0.2) is 0 Å². The van der Waals surface area contributed by atoms with Crippen LogP contribution in [0.15, 0.2) is 47.4 Å². The number of rotatable bonds is 5. The van der Waals surface area contributed by atoms with Crippen molar-refractivity contribution in [1.82, 2.24) is 10.6 Å². The molecule has 2 aliphatic heterocycles. The Hall–Kier alpha value is -2.81. The predicted octanol–water partition coefficient (Wildman–Crippen LogP) is 3.51. The van der Waals surface area contributed by atoms with Gasteiger partial charge in [0.1, 0.15) is 18.1 Å². The maximum Gasteiger partial charge on any atom is 0.290 e. The van der Waals surface area contributed by atoms with Crippen molar-refractivity contribution in [1.29, 1.82) is 0 Å². The van der Waals surface area contributed by atoms with Crippen LogP contribution in [0.2, 0.25) is 5.02 Å². The Kier molecular flexibility index (Phi) is 6.08. The van der Waals surface area contributed by atoms with Gasteiger partial charge in [-0.3, -0.25) is 19.7 Å². The molecule has 30 heavy (non-hydrogen) atoms. The predicted molar refractivity (Wildman–Crippen MR) is 114 cm³/mol. The standard InChI is InChI=1S/C21H17ClN2O5S/c22-16-8-13(9-18-20(26)24-21(27)30-18)3-6-17(16)29-15-4-1-12(2-5-15)7-14-10-28-11-19(25)23-14/h1-6,8-9,14H,7,10-11H2,(H,23,25)(H,24,26,27)/b18-9+. The lowest BCUT2D eigenvalue weighted by Crippen LogP contribution is -2.46. The number of imide groups is 1. The summed E-state index contributed by atoms with van der Waals surface area (Å²) in [6.07, 6.45) is 2.27. The second kappa shape index (κ2) is 8.91. The Bertz CT molecular complexity index is 1040. The fourth-order valence-electron chi connectivity index (χ4n) is 3.08. The first-order valence-electron chi connectivity index (χ1n) is 9.14. The molecule has 2 saturated heterocycles. The summed E-state index contributed by atoms with van der Waals surface area (Å²) in [6.45, 7) is 0.612. The normalized spacial score (nSPS) is 20.2. The van der Waals surface area contributed by atoms with Crippen LogP contribution in [-0.2, 0) is 20.7 Å². The summed E-state index contributed by atoms with van der Waals surface area (Å²) in [5, 5.41) is 5.10. The van der Waals surface area contributed by atoms with Gasteiger partial charge in [0.25, 0.3) is 11.1 Å². The molecule has 2 fully saturated rings. The zero-order valence-electron chi connectivity index (χ0n) is 15.6. The molecule has 154 valence electrons. The SMILES string of the molecule is O=C1COCC(Cc2ccc(Oc3ccc(/C=C4/SC(=O)NC4=O)cc3Cl)cc2)N1. The maximum absolute atomic E-state index is 11.6. The summed E-state index contributed by atoms with van der Waals surface area (Å²) in [5.41, 5.74) is 1.74. The number of morpholine rings is 1. The summed E-state index contributed by atoms with van der Waals surface area (Å²) in [4.78, 5) is 34.6. The number of ether oxygens (including phenoxy) is 2. The summed E-state index contributed by atoms with van der Waals surface area (Å²) in [6, 6.07) is 12.6. The summed E-state index contributed by atoms with van der Waals surface area (Å²) in [5.74, 6) is 0.575. The molecule has 0 aromatic heterocycles. The monoisotopic (exact) mass is 444 g/mol. The number of carbonyl (C=O) groups is 3. The molecule has 1 atom stereocenters. The molecule has 9 heteroatoms. The average molecular weight is 445 g/mol. The molecular formula is C21H17ClN2O5S. The van der Waals surface area contributed by atoms with E-state index in [1.54, 1.807) is 24.3 Å². The number of nitrogens with one attached hydrogen (secondary N) is 2. The van der Waals surface area contributed by atoms with Gasteiger partial charge >= 0.3 is 0 Å². The molecule has 1 unspecified atom stereocenters. The highest BCUT2D eigenvalue weighted by molar-refractivity contribution is 8.18. The highest BCUT2D eigenvalue weighted by Crippen LogP contribution is 2.32. The van der Waals surface area contributed by atoms with Crippen LogP contribution in [0, 0.1) is 0 Å². The van der Waals surface area contributed by atoms with E-state index in [1.165, 1.54) is 0 Å². The number of hydrogen-bond acceptors (Lipinski definition) is 6. The second-order valence-electron chi connectivity index (χ2n) is 6.77. The molecule has 0 saturated carbocycles. The molecule has 0 aliphatic carbocycles. The van der Waals surface area contributed by atoms with E-state index in [9.17, 15) is 14.4 Å². The minimum Gasteiger partial charge on any atom is -0.456 e. The van der Waals surface area contributed by atoms with Crippen LogP contribution in [0.1, 0.15) is 11.1 Å². The van der Waals surface area contributed by atoms with E-state index in [-0.39, 0.29) is 23.8 Å². The van der Waals surface area contributed by atoms with Crippen molar-refractivity contribution in [2.24, 2.45) is 0 Å². The molecular weight excluding hydrogens is 428 g/mol. The molecule has 2 aliphatic rings. The molecule has 0 radical (unpaired) electrons. The molecule has 3 amide bonds. The quantitative estimate of drug-likeness (QED) is 0.685. The van der Waals surface area contributed by atoms with E-state index in [0.717, 1.165) is 17.3 Å². The van der Waals surface area contributed by atoms with Crippen LogP contribution >= 0.6 is 23.4 Å². The van der Waals surface area contributed by atoms with Crippen LogP contribution in [0.3, 0.4) is 0 Å². The highest BCUT2D eigenvalue weighted by atomic mass is 35.5. The van der Waals surface area contributed by atoms with Crippen molar-refractivity contribution in [2.45, 2.75) is 12.5 Å². The van der Waals surface area contributed by atoms with Crippen molar-refractivity contribution in [3.05, 3.63) is 63.5 Å². The topological polar surface area (TPSA) is 93.7 Å². The first-order valence-corrected chi connectivity index (χ1v) is 10.3. The van der Waals surface area contributed by atoms with Crippen molar-refractivity contribution < 1.29 is 23.9 Å². The molecule has 2 aromatic rings. The Morgan fingerprint density at radius 1 is 1.17 bits per heavy atom. The lowest BCUT2D eigenvalue weighted by atomic mass is 10.1. The van der Waals surface area contributed by atoms with E-state index in [4.69, 9.17) is 21.1 Å². The fraction of sp³-hybridized carbons (Fsp3) is 0.190. The van der Waals surface area contributed by atoms with Gasteiger partial charge in [-0.1, -0.05) is 29.8 Å². The number of amides is 3. The zero-order chi connectivity index (χ0) is 21.1. The highest BCUT2D eigenvalue weighted by Gasteiger charge is 2.25. The molecule has 4 rings (SSSR count). The number of thioether (sulfide) groups is 1. The van der Waals surface area contributed by atoms with Crippen LogP contribution in [-0.4, -0.2) is 36.3 Å². The number of benzene rings is 2. The van der Waals surface area contributed by atoms with E-state index in [1.807, 2.05) is 24.3 Å². The zero-order valence-corrected chi connectivity index (χ0v) is 17.2. The van der Waals surface area contributed by atoms with Gasteiger partial charge in [-0.15, -0.1) is 0 Å². The summed E-state index contributed by atoms with van der Waals surface area (Å²) in [7, 11) is 0. The molecule has 7 nitrogen and oxygen atoms in total. The van der Waals surface area contributed by atoms with Gasteiger partial charge in [0.2, 0.25) is 5.91 Å². The second-order valence-corrected chi connectivity index (χ2v) is 8.19. The van der Waals surface area contributed by atoms with Crippen molar-refractivity contribution in [2.75, 3.05) is 13.2 Å². The summed E-state index contributed by atoms with van der Waals surface area (Å²) < 4.78 is 11.1. The summed E-state index contributed by atoms with van der Waals surface area (Å²) >= 11 is 7.17. The average Bonchev–Trinajstić information content (AvgIpc) is 3.02. The lowest BCUT2D eigenvalue weighted by Gasteiger charge is -2.23. The molecule has 2 N–H and O–H groups in total. The Labute approximate surface area is 181 Å². The van der Waals surface area contributed by atoms with Crippen LogP contribution < -0.4 is 15.4 Å². The lowest BCUT2D eigenvalue weighted by molar-refractivity contribution is -0.131. The molecule has 0 spiro atoms. The molecule has 2 aromatic carbocycles. The maximum atomic E-state index is 11.6. The first kappa shape index (κ1) is 20.5. The first-order chi connectivity index (χ1) is 14.5. The van der Waals surface area contributed by atoms with Crippen molar-refractivity contribution >= 4 is 46.5 Å². The minimum atomic E-state index is -0.416. The Morgan fingerprint density at radius 2 is 1.97 bits per heavy atom. The van der Waals surface area contributed by atoms with Gasteiger partial charge in [0, 0.05) is 0 Å². The van der Waals surface area contributed by atoms with Gasteiger partial charge in [0.05, 0.1) is 22.6 Å².